The van der Waals surface area contributed by atoms with Crippen LogP contribution in [0.1, 0.15) is 38.8 Å². The van der Waals surface area contributed by atoms with Gasteiger partial charge in [0.25, 0.3) is 0 Å². The second-order valence-corrected chi connectivity index (χ2v) is 4.96. The van der Waals surface area contributed by atoms with Gasteiger partial charge < -0.3 is 4.74 Å². The molecule has 1 aromatic carbocycles. The van der Waals surface area contributed by atoms with Gasteiger partial charge in [-0.15, -0.1) is 0 Å². The summed E-state index contributed by atoms with van der Waals surface area (Å²) >= 11 is 0. The molecular weight excluding hydrogens is 212 g/mol. The van der Waals surface area contributed by atoms with Gasteiger partial charge in [0, 0.05) is 6.08 Å². The first kappa shape index (κ1) is 13.5. The topological polar surface area (TPSA) is 26.3 Å². The van der Waals surface area contributed by atoms with Gasteiger partial charge in [-0.3, -0.25) is 0 Å². The lowest BCUT2D eigenvalue weighted by molar-refractivity contribution is -0.148. The average molecular weight is 232 g/mol. The van der Waals surface area contributed by atoms with Crippen LogP contribution in [-0.4, -0.2) is 11.6 Å². The summed E-state index contributed by atoms with van der Waals surface area (Å²) in [5, 5.41) is 0. The highest BCUT2D eigenvalue weighted by Gasteiger charge is 2.13. The predicted molar refractivity (Wildman–Crippen MR) is 70.7 cm³/mol. The number of ether oxygens (including phenoxy) is 1. The van der Waals surface area contributed by atoms with E-state index in [1.165, 1.54) is 11.6 Å². The Labute approximate surface area is 103 Å². The van der Waals surface area contributed by atoms with E-state index in [2.05, 4.69) is 19.1 Å². The fraction of sp³-hybridized carbons (Fsp3) is 0.400. The fourth-order valence-corrected chi connectivity index (χ4v) is 1.36. The van der Waals surface area contributed by atoms with E-state index in [9.17, 15) is 4.79 Å². The molecule has 92 valence electrons. The van der Waals surface area contributed by atoms with E-state index in [1.54, 1.807) is 6.08 Å². The molecule has 1 rings (SSSR count). The van der Waals surface area contributed by atoms with Crippen LogP contribution in [-0.2, 0) is 16.0 Å². The Bertz CT molecular complexity index is 394. The third kappa shape index (κ3) is 5.34. The van der Waals surface area contributed by atoms with Gasteiger partial charge in [-0.25, -0.2) is 4.79 Å². The Morgan fingerprint density at radius 3 is 2.29 bits per heavy atom. The smallest absolute Gasteiger partial charge is 0.331 e. The van der Waals surface area contributed by atoms with Crippen LogP contribution >= 0.6 is 0 Å². The summed E-state index contributed by atoms with van der Waals surface area (Å²) in [5.41, 5.74) is 1.86. The van der Waals surface area contributed by atoms with Crippen molar-refractivity contribution in [2.24, 2.45) is 0 Å². The molecule has 0 N–H and O–H groups in total. The predicted octanol–water partition coefficient (Wildman–Crippen LogP) is 3.60. The number of esters is 1. The number of hydrogen-bond donors (Lipinski definition) is 0. The zero-order chi connectivity index (χ0) is 12.9. The molecule has 1 aromatic rings. The Balaban J connectivity index is 2.61. The molecule has 0 heterocycles. The lowest BCUT2D eigenvalue weighted by atomic mass is 10.1. The average Bonchev–Trinajstić information content (AvgIpc) is 2.25. The molecule has 0 unspecified atom stereocenters. The van der Waals surface area contributed by atoms with Crippen LogP contribution in [0.5, 0.6) is 0 Å². The second-order valence-electron chi connectivity index (χ2n) is 4.96. The van der Waals surface area contributed by atoms with Crippen molar-refractivity contribution in [2.45, 2.75) is 39.7 Å². The van der Waals surface area contributed by atoms with E-state index in [4.69, 9.17) is 4.74 Å². The molecule has 0 aliphatic rings. The van der Waals surface area contributed by atoms with E-state index in [0.717, 1.165) is 12.0 Å². The van der Waals surface area contributed by atoms with E-state index in [1.807, 2.05) is 32.9 Å². The first-order valence-corrected chi connectivity index (χ1v) is 5.91. The van der Waals surface area contributed by atoms with Gasteiger partial charge in [0.15, 0.2) is 0 Å². The minimum absolute atomic E-state index is 0.308. The number of carbonyl (C=O) groups excluding carboxylic acids is 1. The first-order chi connectivity index (χ1) is 7.90. The molecule has 0 aromatic heterocycles. The Hall–Kier alpha value is -1.57. The monoisotopic (exact) mass is 232 g/mol. The first-order valence-electron chi connectivity index (χ1n) is 5.91. The van der Waals surface area contributed by atoms with Crippen molar-refractivity contribution in [1.82, 2.24) is 0 Å². The molecule has 0 saturated heterocycles. The maximum atomic E-state index is 11.4. The summed E-state index contributed by atoms with van der Waals surface area (Å²) in [6.07, 6.45) is 4.26. The quantitative estimate of drug-likeness (QED) is 0.588. The minimum atomic E-state index is -0.437. The third-order valence-corrected chi connectivity index (χ3v) is 2.21. The summed E-state index contributed by atoms with van der Waals surface area (Å²) in [5.74, 6) is -0.308. The number of benzene rings is 1. The van der Waals surface area contributed by atoms with Crippen molar-refractivity contribution in [1.29, 1.82) is 0 Å². The van der Waals surface area contributed by atoms with Crippen LogP contribution in [0.3, 0.4) is 0 Å². The molecule has 0 fully saturated rings. The van der Waals surface area contributed by atoms with Gasteiger partial charge in [-0.05, 0) is 44.4 Å². The highest BCUT2D eigenvalue weighted by Crippen LogP contribution is 2.09. The summed E-state index contributed by atoms with van der Waals surface area (Å²) in [6, 6.07) is 8.13. The summed E-state index contributed by atoms with van der Waals surface area (Å²) in [6.45, 7) is 7.68. The molecule has 0 spiro atoms. The highest BCUT2D eigenvalue weighted by atomic mass is 16.6. The fourth-order valence-electron chi connectivity index (χ4n) is 1.36. The molecule has 2 nitrogen and oxygen atoms in total. The number of aryl methyl sites for hydroxylation is 1. The molecule has 0 bridgehead atoms. The van der Waals surface area contributed by atoms with Crippen molar-refractivity contribution in [3.05, 3.63) is 41.5 Å². The van der Waals surface area contributed by atoms with Crippen molar-refractivity contribution >= 4 is 12.0 Å². The zero-order valence-corrected chi connectivity index (χ0v) is 11.0. The SMILES string of the molecule is CCc1ccc(/C=C/C(=O)OC(C)(C)C)cc1. The van der Waals surface area contributed by atoms with Crippen LogP contribution in [0.25, 0.3) is 6.08 Å². The van der Waals surface area contributed by atoms with Gasteiger partial charge in [-0.2, -0.15) is 0 Å². The Morgan fingerprint density at radius 1 is 1.24 bits per heavy atom. The second kappa shape index (κ2) is 5.67. The lowest BCUT2D eigenvalue weighted by Crippen LogP contribution is -2.22. The normalized spacial score (nSPS) is 11.8. The minimum Gasteiger partial charge on any atom is -0.457 e. The summed E-state index contributed by atoms with van der Waals surface area (Å²) in [4.78, 5) is 11.4. The van der Waals surface area contributed by atoms with Gasteiger partial charge in [-0.1, -0.05) is 31.2 Å². The largest absolute Gasteiger partial charge is 0.457 e. The van der Waals surface area contributed by atoms with Crippen molar-refractivity contribution in [3.63, 3.8) is 0 Å². The third-order valence-electron chi connectivity index (χ3n) is 2.21. The summed E-state index contributed by atoms with van der Waals surface area (Å²) < 4.78 is 5.18. The number of carbonyl (C=O) groups is 1. The van der Waals surface area contributed by atoms with Gasteiger partial charge in [0.1, 0.15) is 5.60 Å². The van der Waals surface area contributed by atoms with Crippen molar-refractivity contribution < 1.29 is 9.53 Å². The molecule has 2 heteroatoms. The number of hydrogen-bond acceptors (Lipinski definition) is 2. The number of rotatable bonds is 3. The van der Waals surface area contributed by atoms with Crippen LogP contribution in [0.2, 0.25) is 0 Å². The molecule has 0 atom stereocenters. The molecular formula is C15H20O2. The molecule has 0 aliphatic carbocycles. The van der Waals surface area contributed by atoms with Crippen molar-refractivity contribution in [3.8, 4) is 0 Å². The zero-order valence-electron chi connectivity index (χ0n) is 11.0. The highest BCUT2D eigenvalue weighted by molar-refractivity contribution is 5.87. The van der Waals surface area contributed by atoms with Crippen molar-refractivity contribution in [2.75, 3.05) is 0 Å². The van der Waals surface area contributed by atoms with Crippen LogP contribution in [0.4, 0.5) is 0 Å². The lowest BCUT2D eigenvalue weighted by Gasteiger charge is -2.17. The van der Waals surface area contributed by atoms with Gasteiger partial charge in [0.05, 0.1) is 0 Å². The van der Waals surface area contributed by atoms with E-state index in [0.29, 0.717) is 0 Å². The van der Waals surface area contributed by atoms with Crippen LogP contribution in [0.15, 0.2) is 30.3 Å². The maximum Gasteiger partial charge on any atom is 0.331 e. The van der Waals surface area contributed by atoms with E-state index in [-0.39, 0.29) is 5.97 Å². The van der Waals surface area contributed by atoms with E-state index >= 15 is 0 Å². The molecule has 0 saturated carbocycles. The van der Waals surface area contributed by atoms with Crippen LogP contribution < -0.4 is 0 Å². The molecule has 0 radical (unpaired) electrons. The van der Waals surface area contributed by atoms with E-state index < -0.39 is 5.60 Å². The summed E-state index contributed by atoms with van der Waals surface area (Å²) in [7, 11) is 0. The Morgan fingerprint density at radius 2 is 1.82 bits per heavy atom. The molecule has 0 aliphatic heterocycles. The maximum absolute atomic E-state index is 11.4. The van der Waals surface area contributed by atoms with Gasteiger partial charge >= 0.3 is 5.97 Å². The van der Waals surface area contributed by atoms with Crippen LogP contribution in [0, 0.1) is 0 Å². The standard InChI is InChI=1S/C15H20O2/c1-5-12-6-8-13(9-7-12)10-11-14(16)17-15(2,3)4/h6-11H,5H2,1-4H3/b11-10+. The molecule has 0 amide bonds. The molecule has 17 heavy (non-hydrogen) atoms. The Kier molecular flexibility index (Phi) is 4.50. The van der Waals surface area contributed by atoms with Gasteiger partial charge in [0.2, 0.25) is 0 Å².